The van der Waals surface area contributed by atoms with Crippen molar-refractivity contribution < 1.29 is 19.8 Å². The second kappa shape index (κ2) is 11.3. The molecule has 0 aromatic heterocycles. The maximum absolute atomic E-state index is 12.8. The third kappa shape index (κ3) is 6.57. The van der Waals surface area contributed by atoms with Crippen molar-refractivity contribution >= 4 is 83.7 Å². The summed E-state index contributed by atoms with van der Waals surface area (Å²) in [5, 5.41) is 22.3. The van der Waals surface area contributed by atoms with Gasteiger partial charge in [0.05, 0.1) is 9.38 Å². The van der Waals surface area contributed by atoms with Crippen molar-refractivity contribution in [3.05, 3.63) is 55.8 Å². The molecule has 2 aromatic carbocycles. The van der Waals surface area contributed by atoms with E-state index in [1.54, 1.807) is 35.2 Å². The summed E-state index contributed by atoms with van der Waals surface area (Å²) in [6.45, 7) is 0.482. The van der Waals surface area contributed by atoms with Crippen LogP contribution in [0.3, 0.4) is 0 Å². The van der Waals surface area contributed by atoms with Crippen molar-refractivity contribution in [2.75, 3.05) is 11.9 Å². The Bertz CT molecular complexity index is 1070. The van der Waals surface area contributed by atoms with Crippen molar-refractivity contribution in [1.29, 1.82) is 0 Å². The number of carbonyl (C=O) groups is 2. The van der Waals surface area contributed by atoms with Gasteiger partial charge in [-0.05, 0) is 71.2 Å². The molecule has 0 bridgehead atoms. The number of thiocarbonyl (C=S) groups is 1. The molecular formula is C22H20Br2N2O4S2. The number of phenols is 2. The van der Waals surface area contributed by atoms with E-state index < -0.39 is 0 Å². The molecule has 32 heavy (non-hydrogen) atoms. The minimum Gasteiger partial charge on any atom is -0.508 e. The number of phenolic OH excluding ortho intramolecular Hbond substituents is 2. The predicted octanol–water partition coefficient (Wildman–Crippen LogP) is 6.02. The number of benzene rings is 2. The maximum Gasteiger partial charge on any atom is 0.266 e. The van der Waals surface area contributed by atoms with Crippen molar-refractivity contribution in [2.24, 2.45) is 0 Å². The number of unbranched alkanes of at least 4 members (excludes halogenated alkanes) is 2. The number of thioether (sulfide) groups is 1. The molecule has 1 fully saturated rings. The number of amides is 2. The highest BCUT2D eigenvalue weighted by atomic mass is 79.9. The fourth-order valence-electron chi connectivity index (χ4n) is 3.03. The number of nitrogens with one attached hydrogen (secondary N) is 1. The molecule has 2 aromatic rings. The highest BCUT2D eigenvalue weighted by Gasteiger charge is 2.31. The molecule has 2 amide bonds. The quantitative estimate of drug-likeness (QED) is 0.149. The first-order chi connectivity index (χ1) is 15.2. The van der Waals surface area contributed by atoms with Crippen molar-refractivity contribution in [1.82, 2.24) is 4.90 Å². The number of rotatable bonds is 8. The Morgan fingerprint density at radius 2 is 1.84 bits per heavy atom. The Labute approximate surface area is 212 Å². The fourth-order valence-corrected chi connectivity index (χ4v) is 5.59. The van der Waals surface area contributed by atoms with E-state index in [0.717, 1.165) is 17.3 Å². The van der Waals surface area contributed by atoms with E-state index in [0.29, 0.717) is 44.3 Å². The largest absolute Gasteiger partial charge is 0.508 e. The summed E-state index contributed by atoms with van der Waals surface area (Å²) in [4.78, 5) is 26.8. The molecular weight excluding hydrogens is 580 g/mol. The summed E-state index contributed by atoms with van der Waals surface area (Å²) in [6.07, 6.45) is 4.20. The highest BCUT2D eigenvalue weighted by molar-refractivity contribution is 9.11. The number of hydrogen-bond donors (Lipinski definition) is 3. The first kappa shape index (κ1) is 24.8. The highest BCUT2D eigenvalue weighted by Crippen LogP contribution is 2.37. The van der Waals surface area contributed by atoms with Crippen LogP contribution in [-0.2, 0) is 9.59 Å². The third-order valence-corrected chi connectivity index (χ3v) is 7.09. The Kier molecular flexibility index (Phi) is 8.75. The summed E-state index contributed by atoms with van der Waals surface area (Å²) >= 11 is 13.2. The standard InChI is InChI=1S/C22H20Br2N2O4S2/c23-14-10-13(20(29)17(24)12-14)11-18-21(30)26(22(31)32-18)9-3-1-2-4-19(28)25-15-5-7-16(27)8-6-15/h5-8,10-12,27,29H,1-4,9H2,(H,25,28)/b18-11-. The average molecular weight is 600 g/mol. The summed E-state index contributed by atoms with van der Waals surface area (Å²) < 4.78 is 1.79. The molecule has 1 aliphatic rings. The lowest BCUT2D eigenvalue weighted by molar-refractivity contribution is -0.122. The Morgan fingerprint density at radius 1 is 1.12 bits per heavy atom. The summed E-state index contributed by atoms with van der Waals surface area (Å²) in [5.74, 6) is -0.0660. The van der Waals surface area contributed by atoms with Crippen LogP contribution in [0.25, 0.3) is 6.08 Å². The van der Waals surface area contributed by atoms with Gasteiger partial charge in [-0.3, -0.25) is 14.5 Å². The van der Waals surface area contributed by atoms with E-state index in [9.17, 15) is 19.8 Å². The van der Waals surface area contributed by atoms with Crippen molar-refractivity contribution in [3.63, 3.8) is 0 Å². The van der Waals surface area contributed by atoms with Crippen LogP contribution in [0.4, 0.5) is 5.69 Å². The molecule has 0 radical (unpaired) electrons. The minimum atomic E-state index is -0.180. The van der Waals surface area contributed by atoms with Gasteiger partial charge in [-0.2, -0.15) is 0 Å². The molecule has 168 valence electrons. The van der Waals surface area contributed by atoms with Gasteiger partial charge in [0.15, 0.2) is 0 Å². The summed E-state index contributed by atoms with van der Waals surface area (Å²) in [6, 6.07) is 9.77. The predicted molar refractivity (Wildman–Crippen MR) is 139 cm³/mol. The van der Waals surface area contributed by atoms with Gasteiger partial charge in [-0.1, -0.05) is 46.3 Å². The number of hydrogen-bond acceptors (Lipinski definition) is 6. The minimum absolute atomic E-state index is 0.0593. The number of aromatic hydroxyl groups is 2. The molecule has 1 aliphatic heterocycles. The van der Waals surface area contributed by atoms with E-state index in [2.05, 4.69) is 37.2 Å². The summed E-state index contributed by atoms with van der Waals surface area (Å²) in [7, 11) is 0. The fraction of sp³-hybridized carbons (Fsp3) is 0.227. The first-order valence-electron chi connectivity index (χ1n) is 9.77. The van der Waals surface area contributed by atoms with Crippen LogP contribution in [-0.4, -0.2) is 37.8 Å². The smallest absolute Gasteiger partial charge is 0.266 e. The third-order valence-electron chi connectivity index (χ3n) is 4.65. The zero-order valence-electron chi connectivity index (χ0n) is 16.8. The molecule has 1 heterocycles. The topological polar surface area (TPSA) is 89.9 Å². The average Bonchev–Trinajstić information content (AvgIpc) is 3.00. The zero-order chi connectivity index (χ0) is 23.3. The number of halogens is 2. The number of nitrogens with zero attached hydrogens (tertiary/aromatic N) is 1. The molecule has 0 spiro atoms. The first-order valence-corrected chi connectivity index (χ1v) is 12.6. The zero-order valence-corrected chi connectivity index (χ0v) is 21.6. The second-order valence-electron chi connectivity index (χ2n) is 7.06. The molecule has 0 atom stereocenters. The molecule has 1 saturated heterocycles. The monoisotopic (exact) mass is 598 g/mol. The second-order valence-corrected chi connectivity index (χ2v) is 10.5. The van der Waals surface area contributed by atoms with Crippen LogP contribution in [0.5, 0.6) is 11.5 Å². The molecule has 0 saturated carbocycles. The van der Waals surface area contributed by atoms with E-state index >= 15 is 0 Å². The lowest BCUT2D eigenvalue weighted by Gasteiger charge is -2.14. The lowest BCUT2D eigenvalue weighted by Crippen LogP contribution is -2.29. The normalized spacial score (nSPS) is 14.9. The van der Waals surface area contributed by atoms with E-state index in [4.69, 9.17) is 12.2 Å². The Morgan fingerprint density at radius 3 is 2.56 bits per heavy atom. The Balaban J connectivity index is 1.47. The number of carbonyl (C=O) groups excluding carboxylic acids is 2. The lowest BCUT2D eigenvalue weighted by atomic mass is 10.1. The van der Waals surface area contributed by atoms with Gasteiger partial charge in [0.25, 0.3) is 5.91 Å². The van der Waals surface area contributed by atoms with Crippen LogP contribution < -0.4 is 5.32 Å². The van der Waals surface area contributed by atoms with Gasteiger partial charge in [-0.15, -0.1) is 0 Å². The van der Waals surface area contributed by atoms with Crippen LogP contribution in [0, 0.1) is 0 Å². The van der Waals surface area contributed by atoms with Gasteiger partial charge < -0.3 is 15.5 Å². The molecule has 0 aliphatic carbocycles. The van der Waals surface area contributed by atoms with Gasteiger partial charge >= 0.3 is 0 Å². The van der Waals surface area contributed by atoms with Crippen LogP contribution >= 0.6 is 55.8 Å². The molecule has 0 unspecified atom stereocenters. The van der Waals surface area contributed by atoms with E-state index in [-0.39, 0.29) is 23.3 Å². The summed E-state index contributed by atoms with van der Waals surface area (Å²) in [5.41, 5.74) is 1.16. The van der Waals surface area contributed by atoms with E-state index in [1.807, 2.05) is 0 Å². The van der Waals surface area contributed by atoms with Crippen LogP contribution in [0.15, 0.2) is 50.2 Å². The van der Waals surface area contributed by atoms with Crippen molar-refractivity contribution in [2.45, 2.75) is 25.7 Å². The SMILES string of the molecule is O=C(CCCCCN1C(=O)/C(=C/c2cc(Br)cc(Br)c2O)SC1=S)Nc1ccc(O)cc1. The molecule has 3 rings (SSSR count). The van der Waals surface area contributed by atoms with Gasteiger partial charge in [0.1, 0.15) is 15.8 Å². The van der Waals surface area contributed by atoms with Gasteiger partial charge in [0.2, 0.25) is 5.91 Å². The van der Waals surface area contributed by atoms with Crippen LogP contribution in [0.2, 0.25) is 0 Å². The van der Waals surface area contributed by atoms with Gasteiger partial charge in [-0.25, -0.2) is 0 Å². The molecule has 10 heteroatoms. The Hall–Kier alpha value is -1.88. The molecule has 3 N–H and O–H groups in total. The molecule has 6 nitrogen and oxygen atoms in total. The number of anilines is 1. The maximum atomic E-state index is 12.8. The van der Waals surface area contributed by atoms with Crippen LogP contribution in [0.1, 0.15) is 31.2 Å². The van der Waals surface area contributed by atoms with E-state index in [1.165, 1.54) is 23.9 Å². The van der Waals surface area contributed by atoms with Gasteiger partial charge in [0, 0.05) is 28.7 Å². The van der Waals surface area contributed by atoms with Crippen molar-refractivity contribution in [3.8, 4) is 11.5 Å².